The van der Waals surface area contributed by atoms with E-state index in [0.717, 1.165) is 26.2 Å². The molecule has 0 bridgehead atoms. The van der Waals surface area contributed by atoms with Gasteiger partial charge in [-0.1, -0.05) is 0 Å². The van der Waals surface area contributed by atoms with Crippen LogP contribution in [0.2, 0.25) is 0 Å². The van der Waals surface area contributed by atoms with Crippen molar-refractivity contribution in [3.8, 4) is 0 Å². The molecule has 2 unspecified atom stereocenters. The predicted octanol–water partition coefficient (Wildman–Crippen LogP) is 0.851. The minimum absolute atomic E-state index is 0.0322. The number of nitrogens with two attached hydrogens (primary N) is 1. The van der Waals surface area contributed by atoms with Crippen LogP contribution in [0, 0.1) is 11.3 Å². The number of hydrogen-bond donors (Lipinski definition) is 3. The Kier molecular flexibility index (Phi) is 8.81. The molecule has 12 nitrogen and oxygen atoms in total. The summed E-state index contributed by atoms with van der Waals surface area (Å²) in [5.74, 6) is -0.887. The number of nitrogens with zero attached hydrogens (tertiary/aromatic N) is 4. The van der Waals surface area contributed by atoms with E-state index in [-0.39, 0.29) is 30.4 Å². The second-order valence-corrected chi connectivity index (χ2v) is 10.6. The molecule has 2 amide bonds. The smallest absolute Gasteiger partial charge is 0.410 e. The average Bonchev–Trinajstić information content (AvgIpc) is 3.11. The number of piperidine rings is 1. The third kappa shape index (κ3) is 7.69. The highest BCUT2D eigenvalue weighted by Gasteiger charge is 2.43. The summed E-state index contributed by atoms with van der Waals surface area (Å²) in [4.78, 5) is 43.5. The lowest BCUT2D eigenvalue weighted by molar-refractivity contribution is -0.137. The van der Waals surface area contributed by atoms with Crippen LogP contribution < -0.4 is 5.73 Å². The number of amidine groups is 1. The Bertz CT molecular complexity index is 786. The molecule has 12 heteroatoms. The zero-order chi connectivity index (χ0) is 25.8. The SMILES string of the molecule is CC(C)(C)OC(=O)N1CCC(C(C(=N)N)N2CC(CN3CCN(CCC(=O)O)CC3)OC2=O)CC1. The van der Waals surface area contributed by atoms with Gasteiger partial charge in [0, 0.05) is 52.4 Å². The quantitative estimate of drug-likeness (QED) is 0.328. The number of aliphatic carboxylic acids is 1. The molecule has 2 atom stereocenters. The topological polar surface area (TPSA) is 153 Å². The summed E-state index contributed by atoms with van der Waals surface area (Å²) in [6.45, 7) is 11.1. The van der Waals surface area contributed by atoms with Crippen molar-refractivity contribution >= 4 is 24.0 Å². The number of amides is 2. The zero-order valence-corrected chi connectivity index (χ0v) is 21.1. The van der Waals surface area contributed by atoms with E-state index >= 15 is 0 Å². The number of carbonyl (C=O) groups is 3. The molecule has 0 aromatic heterocycles. The number of carbonyl (C=O) groups excluding carboxylic acids is 2. The Morgan fingerprint density at radius 2 is 1.74 bits per heavy atom. The van der Waals surface area contributed by atoms with E-state index in [1.807, 2.05) is 20.8 Å². The number of piperazine rings is 1. The third-order valence-corrected chi connectivity index (χ3v) is 6.76. The largest absolute Gasteiger partial charge is 0.481 e. The number of carboxylic acids is 1. The van der Waals surface area contributed by atoms with Crippen molar-refractivity contribution in [3.63, 3.8) is 0 Å². The molecule has 0 aromatic rings. The number of hydrogen-bond acceptors (Lipinski definition) is 8. The summed E-state index contributed by atoms with van der Waals surface area (Å²) in [6.07, 6.45) is 0.269. The van der Waals surface area contributed by atoms with Crippen molar-refractivity contribution < 1.29 is 29.0 Å². The standard InChI is InChI=1S/C23H40N6O6/c1-23(2,3)35-21(32)28-8-4-16(5-9-28)19(20(24)25)29-15-17(34-22(29)33)14-27-12-10-26(11-13-27)7-6-18(30)31/h16-17,19H,4-15H2,1-3H3,(H3,24,25)(H,30,31). The van der Waals surface area contributed by atoms with Gasteiger partial charge in [-0.05, 0) is 39.5 Å². The maximum absolute atomic E-state index is 12.7. The molecule has 3 heterocycles. The van der Waals surface area contributed by atoms with E-state index in [1.165, 1.54) is 0 Å². The summed E-state index contributed by atoms with van der Waals surface area (Å²) in [5, 5.41) is 17.0. The molecule has 0 spiro atoms. The van der Waals surface area contributed by atoms with Gasteiger partial charge < -0.3 is 30.1 Å². The molecule has 35 heavy (non-hydrogen) atoms. The van der Waals surface area contributed by atoms with Gasteiger partial charge in [-0.3, -0.25) is 20.0 Å². The third-order valence-electron chi connectivity index (χ3n) is 6.76. The second kappa shape index (κ2) is 11.4. The molecule has 3 saturated heterocycles. The highest BCUT2D eigenvalue weighted by Crippen LogP contribution is 2.28. The molecule has 0 saturated carbocycles. The summed E-state index contributed by atoms with van der Waals surface area (Å²) in [5.41, 5.74) is 5.39. The summed E-state index contributed by atoms with van der Waals surface area (Å²) < 4.78 is 11.1. The van der Waals surface area contributed by atoms with Crippen LogP contribution in [0.1, 0.15) is 40.0 Å². The molecule has 3 fully saturated rings. The summed E-state index contributed by atoms with van der Waals surface area (Å²) >= 11 is 0. The van der Waals surface area contributed by atoms with Crippen LogP contribution in [0.3, 0.4) is 0 Å². The van der Waals surface area contributed by atoms with Crippen LogP contribution >= 0.6 is 0 Å². The van der Waals surface area contributed by atoms with Crippen molar-refractivity contribution in [3.05, 3.63) is 0 Å². The molecule has 3 rings (SSSR count). The fraction of sp³-hybridized carbons (Fsp3) is 0.826. The number of cyclic esters (lactones) is 1. The van der Waals surface area contributed by atoms with Crippen LogP contribution in [-0.4, -0.2) is 125 Å². The number of rotatable bonds is 8. The Hall–Kier alpha value is -2.60. The first kappa shape index (κ1) is 27.0. The van der Waals surface area contributed by atoms with Gasteiger partial charge in [0.2, 0.25) is 0 Å². The molecule has 4 N–H and O–H groups in total. The Morgan fingerprint density at radius 1 is 1.14 bits per heavy atom. The van der Waals surface area contributed by atoms with Gasteiger partial charge in [-0.25, -0.2) is 9.59 Å². The van der Waals surface area contributed by atoms with E-state index in [1.54, 1.807) is 9.80 Å². The van der Waals surface area contributed by atoms with Gasteiger partial charge in [0.15, 0.2) is 0 Å². The van der Waals surface area contributed by atoms with Crippen molar-refractivity contribution in [2.45, 2.75) is 57.8 Å². The zero-order valence-electron chi connectivity index (χ0n) is 21.1. The predicted molar refractivity (Wildman–Crippen MR) is 128 cm³/mol. The molecular weight excluding hydrogens is 456 g/mol. The summed E-state index contributed by atoms with van der Waals surface area (Å²) in [6, 6.07) is -0.554. The van der Waals surface area contributed by atoms with Crippen LogP contribution in [0.5, 0.6) is 0 Å². The lowest BCUT2D eigenvalue weighted by atomic mass is 9.88. The molecule has 3 aliphatic heterocycles. The maximum atomic E-state index is 12.7. The molecule has 0 aromatic carbocycles. The van der Waals surface area contributed by atoms with Gasteiger partial charge in [0.25, 0.3) is 0 Å². The second-order valence-electron chi connectivity index (χ2n) is 10.6. The maximum Gasteiger partial charge on any atom is 0.410 e. The first-order valence-corrected chi connectivity index (χ1v) is 12.4. The normalized spacial score (nSPS) is 23.7. The molecule has 0 radical (unpaired) electrons. The van der Waals surface area contributed by atoms with Crippen LogP contribution in [0.15, 0.2) is 0 Å². The Morgan fingerprint density at radius 3 is 2.29 bits per heavy atom. The lowest BCUT2D eigenvalue weighted by Crippen LogP contribution is -2.53. The van der Waals surface area contributed by atoms with Crippen molar-refractivity contribution in [1.29, 1.82) is 5.41 Å². The number of ether oxygens (including phenoxy) is 2. The van der Waals surface area contributed by atoms with Crippen molar-refractivity contribution in [2.24, 2.45) is 11.7 Å². The van der Waals surface area contributed by atoms with Crippen molar-refractivity contribution in [1.82, 2.24) is 19.6 Å². The molecule has 3 aliphatic rings. The number of likely N-dealkylation sites (tertiary alicyclic amines) is 1. The van der Waals surface area contributed by atoms with Crippen LogP contribution in [-0.2, 0) is 14.3 Å². The van der Waals surface area contributed by atoms with E-state index in [9.17, 15) is 14.4 Å². The average molecular weight is 497 g/mol. The monoisotopic (exact) mass is 496 g/mol. The highest BCUT2D eigenvalue weighted by molar-refractivity contribution is 5.87. The molecule has 0 aliphatic carbocycles. The van der Waals surface area contributed by atoms with Gasteiger partial charge in [0.1, 0.15) is 17.5 Å². The van der Waals surface area contributed by atoms with Gasteiger partial charge in [0.05, 0.1) is 19.0 Å². The van der Waals surface area contributed by atoms with E-state index in [2.05, 4.69) is 9.80 Å². The fourth-order valence-corrected chi connectivity index (χ4v) is 5.00. The van der Waals surface area contributed by atoms with E-state index in [4.69, 9.17) is 25.7 Å². The highest BCUT2D eigenvalue weighted by atomic mass is 16.6. The Labute approximate surface area is 206 Å². The van der Waals surface area contributed by atoms with E-state index < -0.39 is 23.7 Å². The van der Waals surface area contributed by atoms with Crippen LogP contribution in [0.25, 0.3) is 0 Å². The van der Waals surface area contributed by atoms with Gasteiger partial charge in [-0.2, -0.15) is 0 Å². The Balaban J connectivity index is 1.49. The van der Waals surface area contributed by atoms with Crippen LogP contribution in [0.4, 0.5) is 9.59 Å². The van der Waals surface area contributed by atoms with Gasteiger partial charge in [-0.15, -0.1) is 0 Å². The van der Waals surface area contributed by atoms with E-state index in [0.29, 0.717) is 45.6 Å². The minimum atomic E-state index is -0.791. The lowest BCUT2D eigenvalue weighted by Gasteiger charge is -2.38. The van der Waals surface area contributed by atoms with Crippen molar-refractivity contribution in [2.75, 3.05) is 58.9 Å². The molecule has 198 valence electrons. The van der Waals surface area contributed by atoms with Gasteiger partial charge >= 0.3 is 18.2 Å². The molecular formula is C23H40N6O6. The fourth-order valence-electron chi connectivity index (χ4n) is 5.00. The number of carboxylic acid groups (broad SMARTS) is 1. The first-order chi connectivity index (χ1) is 16.4. The minimum Gasteiger partial charge on any atom is -0.481 e. The number of nitrogens with one attached hydrogen (secondary N) is 1. The summed E-state index contributed by atoms with van der Waals surface area (Å²) in [7, 11) is 0. The first-order valence-electron chi connectivity index (χ1n) is 12.4.